The molecule has 29 heavy (non-hydrogen) atoms. The topological polar surface area (TPSA) is 87.6 Å². The average molecular weight is 394 g/mol. The van der Waals surface area contributed by atoms with Gasteiger partial charge in [0.25, 0.3) is 5.91 Å². The minimum atomic E-state index is -0.563. The number of nitrogens with one attached hydrogen (secondary N) is 1. The molecule has 1 atom stereocenters. The van der Waals surface area contributed by atoms with E-state index < -0.39 is 11.8 Å². The van der Waals surface area contributed by atoms with Gasteiger partial charge in [-0.05, 0) is 43.2 Å². The molecule has 0 saturated heterocycles. The molecule has 0 aliphatic heterocycles. The van der Waals surface area contributed by atoms with Crippen molar-refractivity contribution >= 4 is 28.3 Å². The third kappa shape index (κ3) is 4.00. The summed E-state index contributed by atoms with van der Waals surface area (Å²) >= 11 is 0. The number of nitrogens with zero attached hydrogens (tertiary/aromatic N) is 3. The van der Waals surface area contributed by atoms with Crippen molar-refractivity contribution in [3.8, 4) is 5.75 Å². The highest BCUT2D eigenvalue weighted by Crippen LogP contribution is 2.37. The van der Waals surface area contributed by atoms with Gasteiger partial charge >= 0.3 is 0 Å². The lowest BCUT2D eigenvalue weighted by molar-refractivity contribution is -0.131. The number of fused-ring (bicyclic) bond motifs is 1. The molecule has 7 heteroatoms. The number of carbonyl (C=O) groups is 1. The van der Waals surface area contributed by atoms with Crippen LogP contribution in [-0.2, 0) is 4.79 Å². The van der Waals surface area contributed by atoms with E-state index in [2.05, 4.69) is 9.97 Å². The van der Waals surface area contributed by atoms with E-state index in [-0.39, 0.29) is 5.92 Å². The van der Waals surface area contributed by atoms with Crippen LogP contribution < -0.4 is 15.1 Å². The number of carbonyl (C=O) groups excluding carboxylic acids is 1. The van der Waals surface area contributed by atoms with Crippen LogP contribution in [0.15, 0.2) is 42.5 Å². The first kappa shape index (κ1) is 20.5. The standard InChI is InChI=1S/C22H26N4O3/c1-13(2)20(22(27)25-28)17-12-15(10-11-19(17)29-5)26(4)21-16-8-6-7-9-18(16)23-14(3)24-21/h6-13,20,28H,1-5H3,(H,25,27). The molecule has 3 aromatic rings. The molecule has 2 aromatic carbocycles. The van der Waals surface area contributed by atoms with Gasteiger partial charge in [0.05, 0.1) is 18.5 Å². The molecule has 1 unspecified atom stereocenters. The predicted molar refractivity (Wildman–Crippen MR) is 113 cm³/mol. The highest BCUT2D eigenvalue weighted by molar-refractivity contribution is 5.91. The van der Waals surface area contributed by atoms with Crippen LogP contribution in [0, 0.1) is 12.8 Å². The SMILES string of the molecule is COc1ccc(N(C)c2nc(C)nc3ccccc23)cc1C(C(=O)NO)C(C)C. The largest absolute Gasteiger partial charge is 0.496 e. The van der Waals surface area contributed by atoms with Crippen molar-refractivity contribution in [3.63, 3.8) is 0 Å². The Morgan fingerprint density at radius 3 is 2.55 bits per heavy atom. The molecule has 0 aliphatic rings. The summed E-state index contributed by atoms with van der Waals surface area (Å²) in [5.41, 5.74) is 4.20. The van der Waals surface area contributed by atoms with Gasteiger partial charge < -0.3 is 9.64 Å². The van der Waals surface area contributed by atoms with Gasteiger partial charge in [0, 0.05) is 23.7 Å². The van der Waals surface area contributed by atoms with Gasteiger partial charge in [-0.2, -0.15) is 0 Å². The number of hydroxylamine groups is 1. The van der Waals surface area contributed by atoms with Crippen LogP contribution in [0.4, 0.5) is 11.5 Å². The highest BCUT2D eigenvalue weighted by atomic mass is 16.5. The van der Waals surface area contributed by atoms with Crippen molar-refractivity contribution in [2.45, 2.75) is 26.7 Å². The fraction of sp³-hybridized carbons (Fsp3) is 0.318. The number of hydrogen-bond acceptors (Lipinski definition) is 6. The summed E-state index contributed by atoms with van der Waals surface area (Å²) in [6.07, 6.45) is 0. The van der Waals surface area contributed by atoms with Gasteiger partial charge in [-0.25, -0.2) is 15.4 Å². The fourth-order valence-corrected chi connectivity index (χ4v) is 3.60. The van der Waals surface area contributed by atoms with E-state index >= 15 is 0 Å². The fourth-order valence-electron chi connectivity index (χ4n) is 3.60. The van der Waals surface area contributed by atoms with E-state index in [1.807, 2.05) is 75.2 Å². The van der Waals surface area contributed by atoms with Gasteiger partial charge in [0.1, 0.15) is 17.4 Å². The quantitative estimate of drug-likeness (QED) is 0.486. The summed E-state index contributed by atoms with van der Waals surface area (Å²) in [6.45, 7) is 5.72. The lowest BCUT2D eigenvalue weighted by Gasteiger charge is -2.25. The molecule has 0 spiro atoms. The van der Waals surface area contributed by atoms with Gasteiger partial charge in [-0.15, -0.1) is 0 Å². The lowest BCUT2D eigenvalue weighted by Crippen LogP contribution is -2.30. The maximum Gasteiger partial charge on any atom is 0.251 e. The Bertz CT molecular complexity index is 1040. The molecule has 0 saturated carbocycles. The second-order valence-electron chi connectivity index (χ2n) is 7.29. The molecule has 0 radical (unpaired) electrons. The lowest BCUT2D eigenvalue weighted by atomic mass is 9.87. The monoisotopic (exact) mass is 394 g/mol. The number of amides is 1. The van der Waals surface area contributed by atoms with E-state index in [0.717, 1.165) is 22.4 Å². The van der Waals surface area contributed by atoms with Crippen LogP contribution in [0.5, 0.6) is 5.75 Å². The number of benzene rings is 2. The number of hydrogen-bond donors (Lipinski definition) is 2. The summed E-state index contributed by atoms with van der Waals surface area (Å²) in [6, 6.07) is 13.5. The minimum absolute atomic E-state index is 0.0428. The second-order valence-corrected chi connectivity index (χ2v) is 7.29. The first-order valence-electron chi connectivity index (χ1n) is 9.46. The Balaban J connectivity index is 2.14. The zero-order valence-electron chi connectivity index (χ0n) is 17.3. The van der Waals surface area contributed by atoms with Crippen LogP contribution in [0.2, 0.25) is 0 Å². The van der Waals surface area contributed by atoms with Gasteiger partial charge in [0.15, 0.2) is 0 Å². The summed E-state index contributed by atoms with van der Waals surface area (Å²) in [5.74, 6) is 0.969. The van der Waals surface area contributed by atoms with E-state index in [1.54, 1.807) is 12.6 Å². The molecule has 1 amide bonds. The van der Waals surface area contributed by atoms with E-state index in [4.69, 9.17) is 4.74 Å². The molecule has 7 nitrogen and oxygen atoms in total. The van der Waals surface area contributed by atoms with Crippen LogP contribution in [0.3, 0.4) is 0 Å². The zero-order chi connectivity index (χ0) is 21.1. The number of rotatable bonds is 6. The molecule has 0 fully saturated rings. The Kier molecular flexibility index (Phi) is 5.98. The zero-order valence-corrected chi connectivity index (χ0v) is 17.3. The number of anilines is 2. The first-order chi connectivity index (χ1) is 13.9. The van der Waals surface area contributed by atoms with Gasteiger partial charge in [0.2, 0.25) is 0 Å². The van der Waals surface area contributed by atoms with Gasteiger partial charge in [-0.3, -0.25) is 10.0 Å². The van der Waals surface area contributed by atoms with Crippen molar-refractivity contribution in [3.05, 3.63) is 53.9 Å². The third-order valence-corrected chi connectivity index (χ3v) is 5.01. The number of aryl methyl sites for hydroxylation is 1. The predicted octanol–water partition coefficient (Wildman–Crippen LogP) is 3.96. The Morgan fingerprint density at radius 1 is 1.17 bits per heavy atom. The van der Waals surface area contributed by atoms with Crippen LogP contribution in [-0.4, -0.2) is 35.2 Å². The molecule has 2 N–H and O–H groups in total. The molecular weight excluding hydrogens is 368 g/mol. The smallest absolute Gasteiger partial charge is 0.251 e. The van der Waals surface area contributed by atoms with Crippen molar-refractivity contribution in [2.24, 2.45) is 5.92 Å². The maximum absolute atomic E-state index is 12.3. The molecule has 3 rings (SSSR count). The van der Waals surface area contributed by atoms with E-state index in [1.165, 1.54) is 0 Å². The summed E-state index contributed by atoms with van der Waals surface area (Å²) < 4.78 is 5.50. The number of aromatic nitrogens is 2. The number of ether oxygens (including phenoxy) is 1. The van der Waals surface area contributed by atoms with Crippen LogP contribution in [0.1, 0.15) is 31.2 Å². The van der Waals surface area contributed by atoms with Crippen LogP contribution >= 0.6 is 0 Å². The molecule has 1 aromatic heterocycles. The molecule has 0 aliphatic carbocycles. The maximum atomic E-state index is 12.3. The third-order valence-electron chi connectivity index (χ3n) is 5.01. The van der Waals surface area contributed by atoms with Crippen LogP contribution in [0.25, 0.3) is 10.9 Å². The van der Waals surface area contributed by atoms with Gasteiger partial charge in [-0.1, -0.05) is 26.0 Å². The number of para-hydroxylation sites is 1. The summed E-state index contributed by atoms with van der Waals surface area (Å²) in [7, 11) is 3.49. The minimum Gasteiger partial charge on any atom is -0.496 e. The number of methoxy groups -OCH3 is 1. The Morgan fingerprint density at radius 2 is 1.90 bits per heavy atom. The Hall–Kier alpha value is -3.19. The highest BCUT2D eigenvalue weighted by Gasteiger charge is 2.28. The van der Waals surface area contributed by atoms with Crippen molar-refractivity contribution in [1.29, 1.82) is 0 Å². The van der Waals surface area contributed by atoms with E-state index in [0.29, 0.717) is 17.1 Å². The van der Waals surface area contributed by atoms with Crippen molar-refractivity contribution in [1.82, 2.24) is 15.4 Å². The molecular formula is C22H26N4O3. The molecule has 1 heterocycles. The van der Waals surface area contributed by atoms with Crippen molar-refractivity contribution in [2.75, 3.05) is 19.1 Å². The van der Waals surface area contributed by atoms with Crippen molar-refractivity contribution < 1.29 is 14.7 Å². The first-order valence-corrected chi connectivity index (χ1v) is 9.46. The summed E-state index contributed by atoms with van der Waals surface area (Å²) in [4.78, 5) is 23.5. The van der Waals surface area contributed by atoms with E-state index in [9.17, 15) is 10.0 Å². The summed E-state index contributed by atoms with van der Waals surface area (Å²) in [5, 5.41) is 10.2. The molecule has 0 bridgehead atoms. The Labute approximate surface area is 170 Å². The molecule has 152 valence electrons. The normalized spacial score (nSPS) is 12.1. The average Bonchev–Trinajstić information content (AvgIpc) is 2.72. The second kappa shape index (κ2) is 8.45.